The lowest BCUT2D eigenvalue weighted by Crippen LogP contribution is -2.33. The van der Waals surface area contributed by atoms with Crippen LogP contribution in [0, 0.1) is 0 Å². The van der Waals surface area contributed by atoms with Gasteiger partial charge in [-0.2, -0.15) is 0 Å². The summed E-state index contributed by atoms with van der Waals surface area (Å²) in [6.45, 7) is 1.22. The molecule has 0 saturated heterocycles. The van der Waals surface area contributed by atoms with E-state index in [1.807, 2.05) is 45.8 Å². The summed E-state index contributed by atoms with van der Waals surface area (Å²) in [5, 5.41) is 4.61. The Kier molecular flexibility index (Phi) is 4.70. The predicted molar refractivity (Wildman–Crippen MR) is 119 cm³/mol. The van der Waals surface area contributed by atoms with Gasteiger partial charge in [-0.15, -0.1) is 0 Å². The predicted octanol–water partition coefficient (Wildman–Crippen LogP) is 5.88. The summed E-state index contributed by atoms with van der Waals surface area (Å²) in [5.74, 6) is 0. The molecule has 0 aliphatic heterocycles. The molecule has 0 radical (unpaired) electrons. The molecule has 0 N–H and O–H groups in total. The van der Waals surface area contributed by atoms with Crippen LogP contribution in [-0.4, -0.2) is 9.55 Å². The first-order chi connectivity index (χ1) is 14.2. The van der Waals surface area contributed by atoms with Gasteiger partial charge in [0.1, 0.15) is 13.1 Å². The SMILES string of the molecule is Clc1c(Cl)[n+](Cc2ccc3ccccc3c2)cn1Cc1ccc2ccccc2n1. The van der Waals surface area contributed by atoms with Crippen LogP contribution in [0.4, 0.5) is 0 Å². The number of hydrogen-bond donors (Lipinski definition) is 0. The quantitative estimate of drug-likeness (QED) is 0.334. The van der Waals surface area contributed by atoms with E-state index in [1.165, 1.54) is 16.3 Å². The summed E-state index contributed by atoms with van der Waals surface area (Å²) in [6.07, 6.45) is 1.96. The van der Waals surface area contributed by atoms with E-state index in [-0.39, 0.29) is 0 Å². The summed E-state index contributed by atoms with van der Waals surface area (Å²) >= 11 is 13.1. The number of aromatic nitrogens is 3. The molecule has 2 heterocycles. The van der Waals surface area contributed by atoms with Crippen molar-refractivity contribution in [2.75, 3.05) is 0 Å². The van der Waals surface area contributed by atoms with Crippen LogP contribution in [0.15, 0.2) is 85.2 Å². The second-order valence-electron chi connectivity index (χ2n) is 7.13. The van der Waals surface area contributed by atoms with E-state index in [2.05, 4.69) is 48.5 Å². The van der Waals surface area contributed by atoms with Crippen LogP contribution >= 0.6 is 23.2 Å². The van der Waals surface area contributed by atoms with Crippen LogP contribution < -0.4 is 4.57 Å². The van der Waals surface area contributed by atoms with Crippen molar-refractivity contribution in [2.24, 2.45) is 0 Å². The number of nitrogens with zero attached hydrogens (tertiary/aromatic N) is 3. The standard InChI is InChI=1S/C24H18Cl2N3/c25-23-24(26)29(15-21-12-11-19-6-3-4-8-22(19)27-21)16-28(23)14-17-9-10-18-5-1-2-7-20(18)13-17/h1-13,16H,14-15H2/q+1. The van der Waals surface area contributed by atoms with Crippen LogP contribution in [0.1, 0.15) is 11.3 Å². The van der Waals surface area contributed by atoms with Crippen molar-refractivity contribution in [3.8, 4) is 0 Å². The molecule has 0 saturated carbocycles. The molecule has 29 heavy (non-hydrogen) atoms. The summed E-state index contributed by atoms with van der Waals surface area (Å²) < 4.78 is 3.90. The van der Waals surface area contributed by atoms with E-state index >= 15 is 0 Å². The Morgan fingerprint density at radius 3 is 2.38 bits per heavy atom. The van der Waals surface area contributed by atoms with E-state index in [0.717, 1.165) is 16.6 Å². The second kappa shape index (κ2) is 7.51. The van der Waals surface area contributed by atoms with Gasteiger partial charge in [-0.1, -0.05) is 60.7 Å². The third kappa shape index (κ3) is 3.59. The Balaban J connectivity index is 1.43. The fourth-order valence-electron chi connectivity index (χ4n) is 3.63. The van der Waals surface area contributed by atoms with E-state index < -0.39 is 0 Å². The Bertz CT molecular complexity index is 1240. The van der Waals surface area contributed by atoms with Gasteiger partial charge in [0.2, 0.25) is 6.33 Å². The van der Waals surface area contributed by atoms with Gasteiger partial charge in [0.05, 0.1) is 11.2 Å². The maximum atomic E-state index is 6.53. The van der Waals surface area contributed by atoms with Crippen molar-refractivity contribution in [1.82, 2.24) is 9.55 Å². The normalized spacial score (nSPS) is 11.4. The molecule has 3 aromatic carbocycles. The molecule has 5 aromatic rings. The number of pyridine rings is 1. The van der Waals surface area contributed by atoms with Gasteiger partial charge in [0.25, 0.3) is 10.3 Å². The van der Waals surface area contributed by atoms with Crippen LogP contribution in [0.25, 0.3) is 21.7 Å². The third-order valence-electron chi connectivity index (χ3n) is 5.11. The topological polar surface area (TPSA) is 21.7 Å². The molecule has 0 fully saturated rings. The molecule has 0 amide bonds. The summed E-state index contributed by atoms with van der Waals surface area (Å²) in [6, 6.07) is 27.0. The van der Waals surface area contributed by atoms with Crippen molar-refractivity contribution in [2.45, 2.75) is 13.1 Å². The second-order valence-corrected chi connectivity index (χ2v) is 7.85. The largest absolute Gasteiger partial charge is 0.255 e. The average Bonchev–Trinajstić information content (AvgIpc) is 3.01. The van der Waals surface area contributed by atoms with E-state index in [1.54, 1.807) is 0 Å². The minimum atomic E-state index is 0.516. The highest BCUT2D eigenvalue weighted by atomic mass is 35.5. The van der Waals surface area contributed by atoms with Crippen molar-refractivity contribution in [3.05, 3.63) is 107 Å². The maximum Gasteiger partial charge on any atom is 0.255 e. The first-order valence-electron chi connectivity index (χ1n) is 9.43. The number of benzene rings is 3. The minimum Gasteiger partial charge on any atom is -0.249 e. The molecule has 0 atom stereocenters. The van der Waals surface area contributed by atoms with Gasteiger partial charge in [0, 0.05) is 5.39 Å². The highest BCUT2D eigenvalue weighted by Gasteiger charge is 2.21. The Labute approximate surface area is 178 Å². The van der Waals surface area contributed by atoms with E-state index in [4.69, 9.17) is 28.2 Å². The highest BCUT2D eigenvalue weighted by Crippen LogP contribution is 2.22. The molecule has 2 aromatic heterocycles. The molecule has 0 bridgehead atoms. The fourth-order valence-corrected chi connectivity index (χ4v) is 4.06. The smallest absolute Gasteiger partial charge is 0.249 e. The summed E-state index contributed by atoms with van der Waals surface area (Å²) in [4.78, 5) is 4.74. The van der Waals surface area contributed by atoms with Crippen molar-refractivity contribution >= 4 is 44.9 Å². The molecule has 0 aliphatic rings. The third-order valence-corrected chi connectivity index (χ3v) is 6.00. The van der Waals surface area contributed by atoms with Crippen molar-refractivity contribution in [1.29, 1.82) is 0 Å². The lowest BCUT2D eigenvalue weighted by molar-refractivity contribution is -0.685. The molecule has 0 spiro atoms. The Hall–Kier alpha value is -2.88. The van der Waals surface area contributed by atoms with Gasteiger partial charge >= 0.3 is 0 Å². The number of para-hydroxylation sites is 1. The molecule has 5 heteroatoms. The summed E-state index contributed by atoms with van der Waals surface area (Å²) in [7, 11) is 0. The zero-order chi connectivity index (χ0) is 19.8. The van der Waals surface area contributed by atoms with Gasteiger partial charge in [-0.05, 0) is 57.7 Å². The zero-order valence-corrected chi connectivity index (χ0v) is 17.1. The molecular weight excluding hydrogens is 401 g/mol. The fraction of sp³-hybridized carbons (Fsp3) is 0.0833. The first kappa shape index (κ1) is 18.2. The Morgan fingerprint density at radius 1 is 0.793 bits per heavy atom. The van der Waals surface area contributed by atoms with Crippen LogP contribution in [0.3, 0.4) is 0 Å². The van der Waals surface area contributed by atoms with Crippen LogP contribution in [0.2, 0.25) is 10.3 Å². The lowest BCUT2D eigenvalue weighted by atomic mass is 10.1. The van der Waals surface area contributed by atoms with Crippen molar-refractivity contribution < 1.29 is 4.57 Å². The lowest BCUT2D eigenvalue weighted by Gasteiger charge is -2.02. The van der Waals surface area contributed by atoms with Crippen molar-refractivity contribution in [3.63, 3.8) is 0 Å². The Morgan fingerprint density at radius 2 is 1.52 bits per heavy atom. The van der Waals surface area contributed by atoms with Crippen LogP contribution in [-0.2, 0) is 13.1 Å². The number of fused-ring (bicyclic) bond motifs is 2. The first-order valence-corrected chi connectivity index (χ1v) is 10.2. The molecule has 142 valence electrons. The van der Waals surface area contributed by atoms with Gasteiger partial charge < -0.3 is 0 Å². The van der Waals surface area contributed by atoms with Gasteiger partial charge in [0.15, 0.2) is 0 Å². The highest BCUT2D eigenvalue weighted by molar-refractivity contribution is 6.39. The molecule has 3 nitrogen and oxygen atoms in total. The molecule has 0 aliphatic carbocycles. The van der Waals surface area contributed by atoms with Gasteiger partial charge in [-0.25, -0.2) is 14.1 Å². The zero-order valence-electron chi connectivity index (χ0n) is 15.6. The van der Waals surface area contributed by atoms with Crippen LogP contribution in [0.5, 0.6) is 0 Å². The number of imidazole rings is 1. The van der Waals surface area contributed by atoms with E-state index in [0.29, 0.717) is 23.4 Å². The average molecular weight is 419 g/mol. The van der Waals surface area contributed by atoms with E-state index in [9.17, 15) is 0 Å². The minimum absolute atomic E-state index is 0.516. The molecular formula is C24H18Cl2N3+. The summed E-state index contributed by atoms with van der Waals surface area (Å²) in [5.41, 5.74) is 3.09. The number of halogens is 2. The number of hydrogen-bond acceptors (Lipinski definition) is 1. The maximum absolute atomic E-state index is 6.53. The number of rotatable bonds is 4. The van der Waals surface area contributed by atoms with Gasteiger partial charge in [-0.3, -0.25) is 0 Å². The molecule has 5 rings (SSSR count). The monoisotopic (exact) mass is 418 g/mol. The molecule has 0 unspecified atom stereocenters.